The van der Waals surface area contributed by atoms with E-state index in [1.54, 1.807) is 15.6 Å². The Bertz CT molecular complexity index is 2180. The summed E-state index contributed by atoms with van der Waals surface area (Å²) in [5, 5.41) is 25.2. The molecule has 1 atom stereocenters. The van der Waals surface area contributed by atoms with E-state index in [2.05, 4.69) is 20.4 Å². The van der Waals surface area contributed by atoms with Crippen molar-refractivity contribution in [3.05, 3.63) is 138 Å². The number of carbonyl (C=O) groups is 3. The summed E-state index contributed by atoms with van der Waals surface area (Å²) in [5.74, 6) is -3.89. The average Bonchev–Trinajstić information content (AvgIpc) is 3.90. The van der Waals surface area contributed by atoms with Gasteiger partial charge >= 0.3 is 23.1 Å². The number of hydrogen-bond acceptors (Lipinski definition) is 8. The van der Waals surface area contributed by atoms with E-state index in [0.29, 0.717) is 19.4 Å². The van der Waals surface area contributed by atoms with Gasteiger partial charge in [0.15, 0.2) is 6.29 Å². The van der Waals surface area contributed by atoms with Gasteiger partial charge in [-0.25, -0.2) is 18.1 Å². The van der Waals surface area contributed by atoms with Crippen LogP contribution in [0.3, 0.4) is 0 Å². The van der Waals surface area contributed by atoms with Gasteiger partial charge in [0.25, 0.3) is 0 Å². The van der Waals surface area contributed by atoms with E-state index in [4.69, 9.17) is 0 Å². The van der Waals surface area contributed by atoms with Crippen LogP contribution in [0.5, 0.6) is 0 Å². The zero-order chi connectivity index (χ0) is 35.4. The molecule has 1 N–H and O–H groups in total. The third-order valence-corrected chi connectivity index (χ3v) is 7.28. The van der Waals surface area contributed by atoms with Crippen LogP contribution in [0.25, 0.3) is 11.4 Å². The Balaban J connectivity index is 0.000000341. The van der Waals surface area contributed by atoms with Crippen molar-refractivity contribution in [1.29, 1.82) is 0 Å². The topological polar surface area (TPSA) is 143 Å². The molecule has 12 nitrogen and oxygen atoms in total. The molecule has 268 valence electrons. The van der Waals surface area contributed by atoms with Crippen molar-refractivity contribution in [1.82, 2.24) is 39.1 Å². The molecule has 1 unspecified atom stereocenters. The molecule has 0 aliphatic rings. The Hall–Kier alpha value is -4.78. The monoisotopic (exact) mass is 794 g/mol. The van der Waals surface area contributed by atoms with Crippen LogP contribution in [0, 0.1) is 31.0 Å². The normalized spacial score (nSPS) is 10.9. The number of carbonyl (C=O) groups excluding carboxylic acids is 3. The van der Waals surface area contributed by atoms with Crippen LogP contribution in [-0.2, 0) is 13.1 Å². The summed E-state index contributed by atoms with van der Waals surface area (Å²) in [6.45, 7) is 6.35. The first-order valence-electron chi connectivity index (χ1n) is 14.8. The molecule has 2 aromatic carbocycles. The number of benzene rings is 2. The SMILES string of the molecule is CCn1cc(C(=O)c2cc(F)nn2-c2ccc(F)cc2C(C)O)cn1.CCn1cc(C(=O)c2cc(F)nn2-c2ccc(F)cc2C=O)cn1.[Br-].[CH3-].[Mg+2]. The van der Waals surface area contributed by atoms with Crippen LogP contribution < -0.4 is 17.0 Å². The van der Waals surface area contributed by atoms with Crippen LogP contribution in [-0.4, -0.2) is 85.1 Å². The van der Waals surface area contributed by atoms with Gasteiger partial charge in [-0.3, -0.25) is 23.7 Å². The molecule has 0 fully saturated rings. The largest absolute Gasteiger partial charge is 2.00 e. The van der Waals surface area contributed by atoms with Gasteiger partial charge in [0.1, 0.15) is 23.0 Å². The number of aldehydes is 1. The number of aliphatic hydroxyl groups is 1. The average molecular weight is 796 g/mol. The minimum Gasteiger partial charge on any atom is -1.00 e. The van der Waals surface area contributed by atoms with Crippen molar-refractivity contribution < 1.29 is 54.0 Å². The Morgan fingerprint density at radius 3 is 1.63 bits per heavy atom. The van der Waals surface area contributed by atoms with E-state index in [-0.39, 0.29) is 92.5 Å². The van der Waals surface area contributed by atoms with Gasteiger partial charge in [-0.05, 0) is 57.2 Å². The maximum atomic E-state index is 13.8. The summed E-state index contributed by atoms with van der Waals surface area (Å²) >= 11 is 0. The van der Waals surface area contributed by atoms with Crippen LogP contribution in [0.2, 0.25) is 0 Å². The van der Waals surface area contributed by atoms with Crippen LogP contribution in [0.15, 0.2) is 73.3 Å². The van der Waals surface area contributed by atoms with E-state index in [0.717, 1.165) is 45.8 Å². The van der Waals surface area contributed by atoms with Gasteiger partial charge in [-0.15, -0.1) is 10.2 Å². The number of hydrogen-bond donors (Lipinski definition) is 1. The van der Waals surface area contributed by atoms with Gasteiger partial charge in [0.05, 0.1) is 41.0 Å². The first-order valence-corrected chi connectivity index (χ1v) is 14.8. The number of aryl methyl sites for hydroxylation is 2. The van der Waals surface area contributed by atoms with Gasteiger partial charge in [-0.1, -0.05) is 0 Å². The van der Waals surface area contributed by atoms with Crippen LogP contribution in [0.1, 0.15) is 74.9 Å². The van der Waals surface area contributed by atoms with Crippen molar-refractivity contribution in [3.8, 4) is 11.4 Å². The summed E-state index contributed by atoms with van der Waals surface area (Å²) in [6.07, 6.45) is 5.24. The molecule has 52 heavy (non-hydrogen) atoms. The molecule has 6 rings (SSSR count). The second-order valence-corrected chi connectivity index (χ2v) is 10.6. The molecule has 0 bridgehead atoms. The summed E-state index contributed by atoms with van der Waals surface area (Å²) in [4.78, 5) is 36.5. The Morgan fingerprint density at radius 1 is 0.769 bits per heavy atom. The second kappa shape index (κ2) is 18.6. The third-order valence-electron chi connectivity index (χ3n) is 7.28. The molecule has 0 spiro atoms. The van der Waals surface area contributed by atoms with Gasteiger partial charge in [0, 0.05) is 48.7 Å². The molecule has 4 heterocycles. The van der Waals surface area contributed by atoms with E-state index in [1.165, 1.54) is 37.6 Å². The number of ketones is 2. The molecule has 6 aromatic rings. The van der Waals surface area contributed by atoms with Crippen LogP contribution in [0.4, 0.5) is 17.6 Å². The van der Waals surface area contributed by atoms with Gasteiger partial charge in [-0.2, -0.15) is 19.0 Å². The maximum absolute atomic E-state index is 13.8. The smallest absolute Gasteiger partial charge is 1.00 e. The second-order valence-electron chi connectivity index (χ2n) is 10.6. The number of nitrogens with zero attached hydrogens (tertiary/aromatic N) is 8. The molecule has 0 amide bonds. The zero-order valence-corrected chi connectivity index (χ0v) is 31.3. The molecule has 0 saturated heterocycles. The molecular formula is C34H31BrF4MgN8O4. The zero-order valence-electron chi connectivity index (χ0n) is 28.3. The van der Waals surface area contributed by atoms with Crippen molar-refractivity contribution in [2.75, 3.05) is 0 Å². The summed E-state index contributed by atoms with van der Waals surface area (Å²) in [5.41, 5.74) is 0.905. The molecule has 18 heteroatoms. The predicted octanol–water partition coefficient (Wildman–Crippen LogP) is 2.14. The quantitative estimate of drug-likeness (QED) is 0.0732. The summed E-state index contributed by atoms with van der Waals surface area (Å²) in [7, 11) is 0. The molecule has 4 aromatic heterocycles. The van der Waals surface area contributed by atoms with E-state index >= 15 is 0 Å². The first-order chi connectivity index (χ1) is 23.4. The molecule has 0 saturated carbocycles. The number of halogens is 5. The van der Waals surface area contributed by atoms with E-state index < -0.39 is 41.2 Å². The fourth-order valence-corrected chi connectivity index (χ4v) is 4.86. The standard InChI is InChI=1S/C17H16F2N4O2.C16H12F2N4O2.CH3.BrH.Mg/c1-3-22-9-11(8-20-22)17(25)15-7-16(19)21-23(15)14-5-4-12(18)6-13(14)10(2)24;1-2-21-8-11(7-19-21)16(24)14-6-15(18)20-22(14)13-4-3-12(17)5-10(13)9-23;;;/h4-10,24H,3H2,1-2H3;3-9H,2H2,1H3;1H3;1H;/q;;-1;;+2/p-1. The number of aromatic nitrogens is 8. The number of rotatable bonds is 10. The molecular weight excluding hydrogens is 765 g/mol. The van der Waals surface area contributed by atoms with E-state index in [1.807, 2.05) is 13.8 Å². The predicted molar refractivity (Wildman–Crippen MR) is 178 cm³/mol. The van der Waals surface area contributed by atoms with Crippen molar-refractivity contribution in [3.63, 3.8) is 0 Å². The van der Waals surface area contributed by atoms with Crippen molar-refractivity contribution in [2.24, 2.45) is 0 Å². The Morgan fingerprint density at radius 2 is 1.21 bits per heavy atom. The summed E-state index contributed by atoms with van der Waals surface area (Å²) in [6, 6.07) is 8.95. The molecule has 0 aliphatic carbocycles. The fraction of sp³-hybridized carbons (Fsp3) is 0.176. The van der Waals surface area contributed by atoms with E-state index in [9.17, 15) is 37.1 Å². The molecule has 0 radical (unpaired) electrons. The Labute approximate surface area is 322 Å². The van der Waals surface area contributed by atoms with Gasteiger partial charge in [0.2, 0.25) is 23.5 Å². The summed E-state index contributed by atoms with van der Waals surface area (Å²) < 4.78 is 59.4. The van der Waals surface area contributed by atoms with Crippen molar-refractivity contribution >= 4 is 40.9 Å². The van der Waals surface area contributed by atoms with Crippen molar-refractivity contribution in [2.45, 2.75) is 40.0 Å². The third kappa shape index (κ3) is 9.35. The van der Waals surface area contributed by atoms with Crippen LogP contribution >= 0.6 is 0 Å². The maximum Gasteiger partial charge on any atom is 2.00 e. The Kier molecular flexibility index (Phi) is 15.5. The van der Waals surface area contributed by atoms with Gasteiger partial charge < -0.3 is 29.5 Å². The fourth-order valence-electron chi connectivity index (χ4n) is 4.86. The first kappa shape index (κ1) is 43.4. The minimum atomic E-state index is -1.02. The minimum absolute atomic E-state index is 0. The molecule has 0 aliphatic heterocycles. The number of aliphatic hydroxyl groups excluding tert-OH is 1.